The van der Waals surface area contributed by atoms with E-state index in [1.807, 2.05) is 60.7 Å². The predicted octanol–water partition coefficient (Wildman–Crippen LogP) is 3.75. The monoisotopic (exact) mass is 325 g/mol. The third kappa shape index (κ3) is 1.75. The van der Waals surface area contributed by atoms with Crippen LogP contribution in [0.2, 0.25) is 0 Å². The van der Waals surface area contributed by atoms with Gasteiger partial charge in [-0.2, -0.15) is 0 Å². The summed E-state index contributed by atoms with van der Waals surface area (Å²) >= 11 is 0. The van der Waals surface area contributed by atoms with Crippen LogP contribution < -0.4 is 9.96 Å². The molecule has 4 nitrogen and oxygen atoms in total. The number of hydrogen-bond donors (Lipinski definition) is 1. The molecule has 0 saturated carbocycles. The lowest BCUT2D eigenvalue weighted by Gasteiger charge is -2.36. The summed E-state index contributed by atoms with van der Waals surface area (Å²) in [5, 5.41) is 2.62. The topological polar surface area (TPSA) is 47.6 Å². The lowest BCUT2D eigenvalue weighted by atomic mass is 9.77. The third-order valence-corrected chi connectivity index (χ3v) is 4.79. The van der Waals surface area contributed by atoms with Crippen LogP contribution >= 0.6 is 0 Å². The molecule has 3 aromatic rings. The highest BCUT2D eigenvalue weighted by Gasteiger charge is 2.53. The van der Waals surface area contributed by atoms with Crippen LogP contribution in [0.5, 0.6) is 11.5 Å². The summed E-state index contributed by atoms with van der Waals surface area (Å²) in [4.78, 5) is 12.6. The van der Waals surface area contributed by atoms with Crippen LogP contribution in [-0.2, 0) is 10.3 Å². The first-order chi connectivity index (χ1) is 12.2. The van der Waals surface area contributed by atoms with Crippen molar-refractivity contribution in [2.24, 2.45) is 0 Å². The molecule has 0 bridgehead atoms. The van der Waals surface area contributed by atoms with Crippen molar-refractivity contribution < 1.29 is 14.3 Å². The minimum absolute atomic E-state index is 0.334. The van der Waals surface area contributed by atoms with Gasteiger partial charge in [0, 0.05) is 28.4 Å². The number of benzene rings is 3. The average Bonchev–Trinajstić information content (AvgIpc) is 2.95. The Balaban J connectivity index is 1.88. The zero-order valence-corrected chi connectivity index (χ0v) is 13.2. The Bertz CT molecular complexity index is 1030. The summed E-state index contributed by atoms with van der Waals surface area (Å²) in [5.41, 5.74) is 2.70. The van der Waals surface area contributed by atoms with Crippen molar-refractivity contribution in [1.29, 1.82) is 0 Å². The predicted molar refractivity (Wildman–Crippen MR) is 94.1 cm³/mol. The number of carbonyl (C=O) groups excluding carboxylic acids is 1. The fraction of sp³-hybridized carbons (Fsp3) is 0.0500. The van der Waals surface area contributed by atoms with Crippen LogP contribution in [0.3, 0.4) is 0 Å². The van der Waals surface area contributed by atoms with Crippen LogP contribution in [-0.4, -0.2) is 14.0 Å². The molecule has 118 valence electrons. The molecule has 3 aromatic carbocycles. The first-order valence-corrected chi connectivity index (χ1v) is 7.95. The maximum Gasteiger partial charge on any atom is 0.340 e. The molecule has 2 heterocycles. The van der Waals surface area contributed by atoms with Gasteiger partial charge in [-0.1, -0.05) is 36.4 Å². The molecule has 0 amide bonds. The number of carbonyl (C=O) groups is 1. The highest BCUT2D eigenvalue weighted by atomic mass is 16.6. The summed E-state index contributed by atoms with van der Waals surface area (Å²) < 4.78 is 12.1. The number of fused-ring (bicyclic) bond motifs is 6. The van der Waals surface area contributed by atoms with Gasteiger partial charge in [-0.25, -0.2) is 4.79 Å². The molecular formula is C20H12BNO3. The molecule has 1 N–H and O–H groups in total. The fourth-order valence-corrected chi connectivity index (χ4v) is 3.71. The molecule has 2 radical (unpaired) electrons. The lowest BCUT2D eigenvalue weighted by molar-refractivity contribution is 0.0224. The van der Waals surface area contributed by atoms with Crippen molar-refractivity contribution >= 4 is 19.6 Å². The summed E-state index contributed by atoms with van der Waals surface area (Å²) in [6, 6.07) is 20.6. The van der Waals surface area contributed by atoms with Crippen molar-refractivity contribution in [3.63, 3.8) is 0 Å². The highest BCUT2D eigenvalue weighted by Crippen LogP contribution is 2.56. The standard InChI is InChI=1S/C20H12BNO3/c21-22-12-9-10-16-18(11-12)24-17-8-4-3-7-15(17)20(16)14-6-2-1-5-13(14)19(23)25-20/h1-11,22H. The smallest absolute Gasteiger partial charge is 0.340 e. The molecule has 2 aliphatic heterocycles. The second-order valence-electron chi connectivity index (χ2n) is 6.07. The van der Waals surface area contributed by atoms with Gasteiger partial charge in [0.2, 0.25) is 7.98 Å². The number of rotatable bonds is 1. The third-order valence-electron chi connectivity index (χ3n) is 4.79. The van der Waals surface area contributed by atoms with Crippen LogP contribution in [0.25, 0.3) is 0 Å². The molecule has 5 rings (SSSR count). The van der Waals surface area contributed by atoms with Gasteiger partial charge in [0.15, 0.2) is 5.60 Å². The Hall–Kier alpha value is -3.21. The van der Waals surface area contributed by atoms with E-state index in [-0.39, 0.29) is 5.97 Å². The van der Waals surface area contributed by atoms with Crippen molar-refractivity contribution in [2.45, 2.75) is 5.60 Å². The molecule has 0 aromatic heterocycles. The Labute approximate surface area is 145 Å². The van der Waals surface area contributed by atoms with Crippen molar-refractivity contribution in [1.82, 2.24) is 0 Å². The van der Waals surface area contributed by atoms with E-state index in [0.29, 0.717) is 22.7 Å². The SMILES string of the molecule is [B]Nc1ccc2c(c1)Oc1ccccc1C21OC(=O)c2ccccc21. The molecule has 2 aliphatic rings. The van der Waals surface area contributed by atoms with Crippen molar-refractivity contribution in [3.05, 3.63) is 89.0 Å². The molecule has 1 unspecified atom stereocenters. The number of esters is 1. The summed E-state index contributed by atoms with van der Waals surface area (Å²) in [6.45, 7) is 0. The summed E-state index contributed by atoms with van der Waals surface area (Å²) in [7, 11) is 5.53. The van der Waals surface area contributed by atoms with Crippen LogP contribution in [0, 0.1) is 0 Å². The van der Waals surface area contributed by atoms with Crippen molar-refractivity contribution in [2.75, 3.05) is 5.23 Å². The number of nitrogens with one attached hydrogen (secondary N) is 1. The van der Waals surface area contributed by atoms with E-state index in [1.165, 1.54) is 0 Å². The van der Waals surface area contributed by atoms with Crippen LogP contribution in [0.15, 0.2) is 66.7 Å². The maximum atomic E-state index is 12.6. The zero-order valence-electron chi connectivity index (χ0n) is 13.2. The normalized spacial score (nSPS) is 19.4. The average molecular weight is 325 g/mol. The Morgan fingerprint density at radius 3 is 2.40 bits per heavy atom. The Morgan fingerprint density at radius 1 is 0.840 bits per heavy atom. The van der Waals surface area contributed by atoms with Gasteiger partial charge in [-0.05, 0) is 24.3 Å². The molecule has 1 spiro atoms. The number of anilines is 1. The zero-order chi connectivity index (χ0) is 17.0. The van der Waals surface area contributed by atoms with Crippen molar-refractivity contribution in [3.8, 4) is 11.5 Å². The molecule has 1 atom stereocenters. The second kappa shape index (κ2) is 4.90. The van der Waals surface area contributed by atoms with E-state index < -0.39 is 5.60 Å². The quantitative estimate of drug-likeness (QED) is 0.547. The highest BCUT2D eigenvalue weighted by molar-refractivity contribution is 6.16. The first-order valence-electron chi connectivity index (χ1n) is 7.95. The number of hydrogen-bond acceptors (Lipinski definition) is 4. The Morgan fingerprint density at radius 2 is 1.56 bits per heavy atom. The van der Waals surface area contributed by atoms with Gasteiger partial charge < -0.3 is 14.7 Å². The van der Waals surface area contributed by atoms with Gasteiger partial charge in [-0.15, -0.1) is 0 Å². The van der Waals surface area contributed by atoms with Gasteiger partial charge in [0.1, 0.15) is 11.5 Å². The van der Waals surface area contributed by atoms with E-state index in [0.717, 1.165) is 16.7 Å². The van der Waals surface area contributed by atoms with Gasteiger partial charge >= 0.3 is 5.97 Å². The number of ether oxygens (including phenoxy) is 2. The van der Waals surface area contributed by atoms with E-state index in [9.17, 15) is 4.79 Å². The molecule has 5 heteroatoms. The van der Waals surface area contributed by atoms with Gasteiger partial charge in [-0.3, -0.25) is 0 Å². The molecule has 0 saturated heterocycles. The number of para-hydroxylation sites is 1. The maximum absolute atomic E-state index is 12.6. The minimum Gasteiger partial charge on any atom is -0.456 e. The second-order valence-corrected chi connectivity index (χ2v) is 6.07. The fourth-order valence-electron chi connectivity index (χ4n) is 3.71. The molecular weight excluding hydrogens is 313 g/mol. The van der Waals surface area contributed by atoms with E-state index in [2.05, 4.69) is 5.23 Å². The molecule has 25 heavy (non-hydrogen) atoms. The van der Waals surface area contributed by atoms with Crippen LogP contribution in [0.1, 0.15) is 27.0 Å². The van der Waals surface area contributed by atoms with Crippen LogP contribution in [0.4, 0.5) is 5.69 Å². The van der Waals surface area contributed by atoms with E-state index in [4.69, 9.17) is 17.5 Å². The van der Waals surface area contributed by atoms with Gasteiger partial charge in [0.05, 0.1) is 5.56 Å². The molecule has 0 fully saturated rings. The van der Waals surface area contributed by atoms with E-state index >= 15 is 0 Å². The largest absolute Gasteiger partial charge is 0.456 e. The summed E-state index contributed by atoms with van der Waals surface area (Å²) in [5.74, 6) is 0.937. The Kier molecular flexibility index (Phi) is 2.77. The van der Waals surface area contributed by atoms with E-state index in [1.54, 1.807) is 6.07 Å². The van der Waals surface area contributed by atoms with Gasteiger partial charge in [0.25, 0.3) is 0 Å². The first kappa shape index (κ1) is 14.2. The minimum atomic E-state index is -1.01. The summed E-state index contributed by atoms with van der Waals surface area (Å²) in [6.07, 6.45) is 0. The lowest BCUT2D eigenvalue weighted by Crippen LogP contribution is -2.32. The molecule has 0 aliphatic carbocycles.